The number of hydrogen-bond donors (Lipinski definition) is 2. The molecule has 4 nitrogen and oxygen atoms in total. The van der Waals surface area contributed by atoms with Crippen LogP contribution in [0.5, 0.6) is 0 Å². The monoisotopic (exact) mass is 417 g/mol. The molecule has 4 aromatic rings. The third-order valence-electron chi connectivity index (χ3n) is 4.53. The van der Waals surface area contributed by atoms with Crippen molar-refractivity contribution < 1.29 is 4.79 Å². The first-order valence-corrected chi connectivity index (χ1v) is 10.4. The van der Waals surface area contributed by atoms with E-state index < -0.39 is 0 Å². The molecule has 2 N–H and O–H groups in total. The minimum Gasteiger partial charge on any atom is -0.308 e. The number of amides is 1. The van der Waals surface area contributed by atoms with Gasteiger partial charge in [-0.25, -0.2) is 4.98 Å². The summed E-state index contributed by atoms with van der Waals surface area (Å²) in [5.74, 6) is -0.254. The van der Waals surface area contributed by atoms with E-state index in [1.54, 1.807) is 12.1 Å². The van der Waals surface area contributed by atoms with Crippen LogP contribution in [0.25, 0.3) is 21.3 Å². The van der Waals surface area contributed by atoms with E-state index in [9.17, 15) is 4.79 Å². The molecule has 29 heavy (non-hydrogen) atoms. The maximum atomic E-state index is 12.5. The van der Waals surface area contributed by atoms with Crippen molar-refractivity contribution in [3.8, 4) is 11.1 Å². The molecule has 0 bridgehead atoms. The number of anilines is 1. The minimum atomic E-state index is -0.254. The van der Waals surface area contributed by atoms with Crippen LogP contribution in [0.15, 0.2) is 66.7 Å². The van der Waals surface area contributed by atoms with Crippen LogP contribution in [-0.4, -0.2) is 16.0 Å². The number of nitrogens with zero attached hydrogens (tertiary/aromatic N) is 1. The van der Waals surface area contributed by atoms with Crippen LogP contribution in [0, 0.1) is 13.8 Å². The summed E-state index contributed by atoms with van der Waals surface area (Å²) < 4.78 is 1.09. The molecule has 3 aromatic carbocycles. The van der Waals surface area contributed by atoms with Crippen molar-refractivity contribution in [3.05, 3.63) is 83.4 Å². The zero-order valence-electron chi connectivity index (χ0n) is 16.0. The Labute approximate surface area is 178 Å². The van der Waals surface area contributed by atoms with Gasteiger partial charge in [-0.1, -0.05) is 59.9 Å². The Morgan fingerprint density at radius 1 is 0.966 bits per heavy atom. The van der Waals surface area contributed by atoms with Gasteiger partial charge in [-0.3, -0.25) is 10.1 Å². The number of thiocarbonyl (C=S) groups is 1. The molecule has 0 radical (unpaired) electrons. The summed E-state index contributed by atoms with van der Waals surface area (Å²) in [4.78, 5) is 17.1. The number of carbonyl (C=O) groups is 1. The molecular weight excluding hydrogens is 398 g/mol. The molecule has 6 heteroatoms. The topological polar surface area (TPSA) is 54.0 Å². The molecule has 0 atom stereocenters. The Morgan fingerprint density at radius 3 is 2.38 bits per heavy atom. The zero-order valence-corrected chi connectivity index (χ0v) is 17.7. The Morgan fingerprint density at radius 2 is 1.66 bits per heavy atom. The second-order valence-electron chi connectivity index (χ2n) is 6.80. The maximum absolute atomic E-state index is 12.5. The van der Waals surface area contributed by atoms with Crippen molar-refractivity contribution in [2.75, 3.05) is 5.32 Å². The summed E-state index contributed by atoms with van der Waals surface area (Å²) in [6.07, 6.45) is 0. The van der Waals surface area contributed by atoms with Crippen LogP contribution < -0.4 is 10.6 Å². The van der Waals surface area contributed by atoms with Gasteiger partial charge in [0.2, 0.25) is 0 Å². The van der Waals surface area contributed by atoms with Crippen LogP contribution in [-0.2, 0) is 0 Å². The largest absolute Gasteiger partial charge is 0.308 e. The summed E-state index contributed by atoms with van der Waals surface area (Å²) in [6.45, 7) is 4.10. The summed E-state index contributed by atoms with van der Waals surface area (Å²) in [5, 5.41) is 6.64. The molecule has 1 amide bonds. The highest BCUT2D eigenvalue weighted by atomic mass is 32.1. The third-order valence-corrected chi connectivity index (χ3v) is 5.65. The number of aryl methyl sites for hydroxylation is 2. The van der Waals surface area contributed by atoms with Gasteiger partial charge in [0.1, 0.15) is 0 Å². The molecular formula is C23H19N3OS2. The molecule has 144 valence electrons. The number of rotatable bonds is 3. The van der Waals surface area contributed by atoms with Gasteiger partial charge in [-0.2, -0.15) is 0 Å². The lowest BCUT2D eigenvalue weighted by molar-refractivity contribution is 0.0978. The summed E-state index contributed by atoms with van der Waals surface area (Å²) >= 11 is 6.82. The number of hydrogen-bond acceptors (Lipinski definition) is 4. The van der Waals surface area contributed by atoms with Gasteiger partial charge in [0.25, 0.3) is 5.91 Å². The Hall–Kier alpha value is -3.09. The van der Waals surface area contributed by atoms with E-state index in [1.165, 1.54) is 16.9 Å². The molecule has 1 aromatic heterocycles. The van der Waals surface area contributed by atoms with Crippen LogP contribution in [0.4, 0.5) is 5.13 Å². The fourth-order valence-corrected chi connectivity index (χ4v) is 4.47. The number of benzene rings is 3. The zero-order chi connectivity index (χ0) is 20.4. The highest BCUT2D eigenvalue weighted by molar-refractivity contribution is 7.80. The van der Waals surface area contributed by atoms with E-state index >= 15 is 0 Å². The first-order valence-electron chi connectivity index (χ1n) is 9.15. The van der Waals surface area contributed by atoms with Gasteiger partial charge in [0, 0.05) is 5.56 Å². The van der Waals surface area contributed by atoms with Crippen LogP contribution in [0.2, 0.25) is 0 Å². The van der Waals surface area contributed by atoms with Crippen molar-refractivity contribution in [2.45, 2.75) is 13.8 Å². The van der Waals surface area contributed by atoms with E-state index in [4.69, 9.17) is 12.2 Å². The normalized spacial score (nSPS) is 10.7. The van der Waals surface area contributed by atoms with Crippen molar-refractivity contribution >= 4 is 49.9 Å². The summed E-state index contributed by atoms with van der Waals surface area (Å²) in [5.41, 5.74) is 5.98. The molecule has 0 unspecified atom stereocenters. The number of aromatic nitrogens is 1. The molecule has 0 aliphatic heterocycles. The van der Waals surface area contributed by atoms with E-state index in [0.29, 0.717) is 10.7 Å². The quantitative estimate of drug-likeness (QED) is 0.420. The second-order valence-corrected chi connectivity index (χ2v) is 8.24. The Balaban J connectivity index is 1.43. The number of nitrogens with one attached hydrogen (secondary N) is 2. The molecule has 0 aliphatic carbocycles. The highest BCUT2D eigenvalue weighted by Crippen LogP contribution is 2.29. The van der Waals surface area contributed by atoms with Gasteiger partial charge in [-0.05, 0) is 66.5 Å². The standard InChI is InChI=1S/C23H19N3OS2/c1-14-12-15(2)20-19(13-14)29-23(24-20)26-22(28)25-21(27)18-10-8-17(9-11-18)16-6-4-3-5-7-16/h3-13H,1-2H3,(H2,24,25,26,27,28). The molecule has 0 saturated heterocycles. The number of thiazole rings is 1. The first kappa shape index (κ1) is 19.2. The summed E-state index contributed by atoms with van der Waals surface area (Å²) in [7, 11) is 0. The van der Waals surface area contributed by atoms with Crippen LogP contribution >= 0.6 is 23.6 Å². The lowest BCUT2D eigenvalue weighted by Gasteiger charge is -2.08. The second kappa shape index (κ2) is 8.11. The van der Waals surface area contributed by atoms with E-state index in [-0.39, 0.29) is 11.0 Å². The fourth-order valence-electron chi connectivity index (χ4n) is 3.17. The average molecular weight is 418 g/mol. The lowest BCUT2D eigenvalue weighted by atomic mass is 10.0. The molecule has 4 rings (SSSR count). The molecule has 0 aliphatic rings. The highest BCUT2D eigenvalue weighted by Gasteiger charge is 2.11. The Bertz CT molecular complexity index is 1200. The van der Waals surface area contributed by atoms with Gasteiger partial charge < -0.3 is 5.32 Å². The predicted molar refractivity (Wildman–Crippen MR) is 125 cm³/mol. The van der Waals surface area contributed by atoms with Gasteiger partial charge >= 0.3 is 0 Å². The average Bonchev–Trinajstić information content (AvgIpc) is 3.11. The van der Waals surface area contributed by atoms with E-state index in [0.717, 1.165) is 26.9 Å². The van der Waals surface area contributed by atoms with E-state index in [1.807, 2.05) is 49.4 Å². The summed E-state index contributed by atoms with van der Waals surface area (Å²) in [6, 6.07) is 21.7. The van der Waals surface area contributed by atoms with Gasteiger partial charge in [0.15, 0.2) is 10.2 Å². The van der Waals surface area contributed by atoms with Gasteiger partial charge in [0.05, 0.1) is 10.2 Å². The molecule has 0 spiro atoms. The fraction of sp³-hybridized carbons (Fsp3) is 0.0870. The first-order chi connectivity index (χ1) is 14.0. The smallest absolute Gasteiger partial charge is 0.257 e. The maximum Gasteiger partial charge on any atom is 0.257 e. The third kappa shape index (κ3) is 4.34. The van der Waals surface area contributed by atoms with Crippen molar-refractivity contribution in [3.63, 3.8) is 0 Å². The van der Waals surface area contributed by atoms with E-state index in [2.05, 4.69) is 34.7 Å². The molecule has 0 fully saturated rings. The van der Waals surface area contributed by atoms with Crippen LogP contribution in [0.3, 0.4) is 0 Å². The minimum absolute atomic E-state index is 0.232. The van der Waals surface area contributed by atoms with Crippen molar-refractivity contribution in [1.29, 1.82) is 0 Å². The Kier molecular flexibility index (Phi) is 5.38. The predicted octanol–water partition coefficient (Wildman–Crippen LogP) is 5.71. The molecule has 0 saturated carbocycles. The van der Waals surface area contributed by atoms with Crippen LogP contribution in [0.1, 0.15) is 21.5 Å². The van der Waals surface area contributed by atoms with Gasteiger partial charge in [-0.15, -0.1) is 0 Å². The SMILES string of the molecule is Cc1cc(C)c2nc(NC(=S)NC(=O)c3ccc(-c4ccccc4)cc3)sc2c1. The lowest BCUT2D eigenvalue weighted by Crippen LogP contribution is -2.34. The van der Waals surface area contributed by atoms with Crippen molar-refractivity contribution in [2.24, 2.45) is 0 Å². The molecule has 1 heterocycles. The van der Waals surface area contributed by atoms with Crippen molar-refractivity contribution in [1.82, 2.24) is 10.3 Å². The number of fused-ring (bicyclic) bond motifs is 1. The number of carbonyl (C=O) groups excluding carboxylic acids is 1.